The number of aryl methyl sites for hydroxylation is 1. The lowest BCUT2D eigenvalue weighted by molar-refractivity contribution is 0.580. The number of sulfonamides is 1. The molecule has 3 N–H and O–H groups in total. The molecule has 0 fully saturated rings. The number of nitrogens with zero attached hydrogens (tertiary/aromatic N) is 2. The zero-order chi connectivity index (χ0) is 20.4. The molecule has 1 unspecified atom stereocenters. The van der Waals surface area contributed by atoms with Crippen LogP contribution in [-0.4, -0.2) is 45.5 Å². The van der Waals surface area contributed by atoms with Crippen LogP contribution in [0.3, 0.4) is 0 Å². The second-order valence-electron chi connectivity index (χ2n) is 6.55. The van der Waals surface area contributed by atoms with Gasteiger partial charge >= 0.3 is 0 Å². The van der Waals surface area contributed by atoms with Gasteiger partial charge in [0.15, 0.2) is 5.96 Å². The van der Waals surface area contributed by atoms with E-state index in [1.54, 1.807) is 6.07 Å². The van der Waals surface area contributed by atoms with Gasteiger partial charge in [-0.25, -0.2) is 13.1 Å². The SMILES string of the molecule is CCNC(=NCC(C)c1cccc(C)c1)NCCNS(=O)(=O)c1cccnc1. The fraction of sp³-hybridized carbons (Fsp3) is 0.400. The second-order valence-corrected chi connectivity index (χ2v) is 8.32. The molecule has 1 aromatic carbocycles. The van der Waals surface area contributed by atoms with Crippen molar-refractivity contribution in [2.45, 2.75) is 31.6 Å². The van der Waals surface area contributed by atoms with Crippen LogP contribution < -0.4 is 15.4 Å². The van der Waals surface area contributed by atoms with E-state index in [-0.39, 0.29) is 11.4 Å². The Morgan fingerprint density at radius 2 is 2.00 bits per heavy atom. The fourth-order valence-electron chi connectivity index (χ4n) is 2.61. The number of guanidine groups is 1. The first kappa shape index (κ1) is 21.8. The van der Waals surface area contributed by atoms with Crippen molar-refractivity contribution in [2.75, 3.05) is 26.2 Å². The highest BCUT2D eigenvalue weighted by atomic mass is 32.2. The maximum atomic E-state index is 12.2. The molecule has 8 heteroatoms. The van der Waals surface area contributed by atoms with E-state index >= 15 is 0 Å². The number of hydrogen-bond donors (Lipinski definition) is 3. The predicted octanol–water partition coefficient (Wildman–Crippen LogP) is 2.03. The molecule has 1 heterocycles. The summed E-state index contributed by atoms with van der Waals surface area (Å²) >= 11 is 0. The molecule has 0 aliphatic heterocycles. The van der Waals surface area contributed by atoms with Crippen LogP contribution in [-0.2, 0) is 10.0 Å². The topological polar surface area (TPSA) is 95.5 Å². The fourth-order valence-corrected chi connectivity index (χ4v) is 3.60. The Balaban J connectivity index is 1.86. The summed E-state index contributed by atoms with van der Waals surface area (Å²) in [5, 5.41) is 6.34. The van der Waals surface area contributed by atoms with Gasteiger partial charge in [-0.2, -0.15) is 0 Å². The highest BCUT2D eigenvalue weighted by Crippen LogP contribution is 2.16. The van der Waals surface area contributed by atoms with Gasteiger partial charge in [0.05, 0.1) is 0 Å². The molecule has 0 aliphatic carbocycles. The molecule has 0 radical (unpaired) electrons. The van der Waals surface area contributed by atoms with Gasteiger partial charge in [0.25, 0.3) is 0 Å². The molecule has 0 saturated carbocycles. The average molecular weight is 404 g/mol. The van der Waals surface area contributed by atoms with Crippen LogP contribution in [0.25, 0.3) is 0 Å². The van der Waals surface area contributed by atoms with Crippen molar-refractivity contribution in [2.24, 2.45) is 4.99 Å². The second kappa shape index (κ2) is 10.8. The number of nitrogens with one attached hydrogen (secondary N) is 3. The van der Waals surface area contributed by atoms with Crippen molar-refractivity contribution < 1.29 is 8.42 Å². The van der Waals surface area contributed by atoms with E-state index in [1.807, 2.05) is 6.92 Å². The van der Waals surface area contributed by atoms with Gasteiger partial charge in [0.2, 0.25) is 10.0 Å². The van der Waals surface area contributed by atoms with E-state index in [1.165, 1.54) is 29.6 Å². The molecular formula is C20H29N5O2S. The van der Waals surface area contributed by atoms with Crippen LogP contribution in [0.5, 0.6) is 0 Å². The van der Waals surface area contributed by atoms with E-state index in [2.05, 4.69) is 63.4 Å². The highest BCUT2D eigenvalue weighted by Gasteiger charge is 2.13. The molecule has 0 bridgehead atoms. The Hall–Kier alpha value is -2.45. The number of hydrogen-bond acceptors (Lipinski definition) is 4. The number of pyridine rings is 1. The van der Waals surface area contributed by atoms with E-state index in [0.29, 0.717) is 25.0 Å². The van der Waals surface area contributed by atoms with E-state index in [9.17, 15) is 8.42 Å². The first-order valence-electron chi connectivity index (χ1n) is 9.41. The Morgan fingerprint density at radius 1 is 1.18 bits per heavy atom. The van der Waals surface area contributed by atoms with Crippen LogP contribution in [0.4, 0.5) is 0 Å². The number of rotatable bonds is 9. The molecule has 152 valence electrons. The average Bonchev–Trinajstić information content (AvgIpc) is 2.69. The minimum atomic E-state index is -3.55. The van der Waals surface area contributed by atoms with Crippen LogP contribution in [0.1, 0.15) is 30.9 Å². The van der Waals surface area contributed by atoms with Crippen molar-refractivity contribution in [3.8, 4) is 0 Å². The van der Waals surface area contributed by atoms with Crippen molar-refractivity contribution in [3.05, 3.63) is 59.9 Å². The molecule has 7 nitrogen and oxygen atoms in total. The summed E-state index contributed by atoms with van der Waals surface area (Å²) in [7, 11) is -3.55. The maximum absolute atomic E-state index is 12.2. The molecule has 28 heavy (non-hydrogen) atoms. The maximum Gasteiger partial charge on any atom is 0.242 e. The number of benzene rings is 1. The molecule has 2 rings (SSSR count). The minimum Gasteiger partial charge on any atom is -0.357 e. The lowest BCUT2D eigenvalue weighted by Gasteiger charge is -2.14. The Kier molecular flexibility index (Phi) is 8.41. The number of aliphatic imine (C=N–C) groups is 1. The van der Waals surface area contributed by atoms with Gasteiger partial charge in [0, 0.05) is 44.5 Å². The van der Waals surface area contributed by atoms with Crippen molar-refractivity contribution in [1.82, 2.24) is 20.3 Å². The summed E-state index contributed by atoms with van der Waals surface area (Å²) in [6.07, 6.45) is 2.87. The summed E-state index contributed by atoms with van der Waals surface area (Å²) in [6.45, 7) is 8.25. The van der Waals surface area contributed by atoms with Gasteiger partial charge in [-0.1, -0.05) is 36.8 Å². The Bertz CT molecular complexity index is 869. The highest BCUT2D eigenvalue weighted by molar-refractivity contribution is 7.89. The molecule has 2 aromatic rings. The predicted molar refractivity (Wildman–Crippen MR) is 113 cm³/mol. The molecule has 1 atom stereocenters. The Morgan fingerprint density at radius 3 is 2.68 bits per heavy atom. The van der Waals surface area contributed by atoms with Crippen LogP contribution in [0.2, 0.25) is 0 Å². The van der Waals surface area contributed by atoms with Crippen molar-refractivity contribution in [1.29, 1.82) is 0 Å². The first-order chi connectivity index (χ1) is 13.4. The number of aromatic nitrogens is 1. The lowest BCUT2D eigenvalue weighted by Crippen LogP contribution is -2.41. The zero-order valence-electron chi connectivity index (χ0n) is 16.6. The third-order valence-corrected chi connectivity index (χ3v) is 5.58. The third kappa shape index (κ3) is 6.94. The summed E-state index contributed by atoms with van der Waals surface area (Å²) in [5.41, 5.74) is 2.49. The monoisotopic (exact) mass is 403 g/mol. The summed E-state index contributed by atoms with van der Waals surface area (Å²) in [6, 6.07) is 11.5. The van der Waals surface area contributed by atoms with Crippen molar-refractivity contribution in [3.63, 3.8) is 0 Å². The Labute approximate surface area is 167 Å². The van der Waals surface area contributed by atoms with Gasteiger partial charge in [-0.3, -0.25) is 9.98 Å². The largest absolute Gasteiger partial charge is 0.357 e. The molecule has 0 amide bonds. The lowest BCUT2D eigenvalue weighted by atomic mass is 10.00. The molecule has 0 saturated heterocycles. The zero-order valence-corrected chi connectivity index (χ0v) is 17.5. The van der Waals surface area contributed by atoms with Crippen LogP contribution in [0.15, 0.2) is 58.7 Å². The van der Waals surface area contributed by atoms with Crippen LogP contribution in [0, 0.1) is 6.92 Å². The normalized spacial score (nSPS) is 13.2. The van der Waals surface area contributed by atoms with E-state index in [4.69, 9.17) is 0 Å². The standard InChI is InChI=1S/C20H29N5O2S/c1-4-22-20(24-14-17(3)18-8-5-7-16(2)13-18)23-11-12-25-28(26,27)19-9-6-10-21-15-19/h5-10,13,15,17,25H,4,11-12,14H2,1-3H3,(H2,22,23,24). The molecule has 0 spiro atoms. The summed E-state index contributed by atoms with van der Waals surface area (Å²) in [5.74, 6) is 0.960. The van der Waals surface area contributed by atoms with Gasteiger partial charge < -0.3 is 10.6 Å². The third-order valence-electron chi connectivity index (χ3n) is 4.13. The van der Waals surface area contributed by atoms with Gasteiger partial charge in [0.1, 0.15) is 4.90 Å². The molecular weight excluding hydrogens is 374 g/mol. The molecule has 0 aliphatic rings. The molecule has 1 aromatic heterocycles. The quantitative estimate of drug-likeness (QED) is 0.338. The summed E-state index contributed by atoms with van der Waals surface area (Å²) in [4.78, 5) is 8.61. The van der Waals surface area contributed by atoms with E-state index < -0.39 is 10.0 Å². The van der Waals surface area contributed by atoms with Gasteiger partial charge in [-0.15, -0.1) is 0 Å². The first-order valence-corrected chi connectivity index (χ1v) is 10.9. The summed E-state index contributed by atoms with van der Waals surface area (Å²) < 4.78 is 26.9. The van der Waals surface area contributed by atoms with Gasteiger partial charge in [-0.05, 0) is 31.5 Å². The van der Waals surface area contributed by atoms with Crippen LogP contribution >= 0.6 is 0 Å². The minimum absolute atomic E-state index is 0.155. The van der Waals surface area contributed by atoms with Crippen molar-refractivity contribution >= 4 is 16.0 Å². The van der Waals surface area contributed by atoms with E-state index in [0.717, 1.165) is 6.54 Å². The smallest absolute Gasteiger partial charge is 0.242 e.